The lowest BCUT2D eigenvalue weighted by atomic mass is 10.1. The highest BCUT2D eigenvalue weighted by Crippen LogP contribution is 2.28. The Morgan fingerprint density at radius 3 is 2.70 bits per heavy atom. The van der Waals surface area contributed by atoms with Crippen LogP contribution in [0, 0.1) is 0 Å². The lowest BCUT2D eigenvalue weighted by Crippen LogP contribution is -2.34. The lowest BCUT2D eigenvalue weighted by Gasteiger charge is -2.12. The van der Waals surface area contributed by atoms with Crippen molar-refractivity contribution in [3.05, 3.63) is 63.8 Å². The predicted octanol–water partition coefficient (Wildman–Crippen LogP) is 2.38. The molecule has 0 unspecified atom stereocenters. The number of hydrogen-bond acceptors (Lipinski definition) is 7. The van der Waals surface area contributed by atoms with E-state index in [0.717, 1.165) is 4.88 Å². The molecule has 0 saturated carbocycles. The predicted molar refractivity (Wildman–Crippen MR) is 113 cm³/mol. The van der Waals surface area contributed by atoms with E-state index in [1.54, 1.807) is 24.3 Å². The van der Waals surface area contributed by atoms with Crippen molar-refractivity contribution in [1.82, 2.24) is 15.1 Å². The maximum atomic E-state index is 12.1. The van der Waals surface area contributed by atoms with E-state index < -0.39 is 0 Å². The number of thiophene rings is 1. The number of carbonyl (C=O) groups is 2. The van der Waals surface area contributed by atoms with Gasteiger partial charge in [-0.1, -0.05) is 6.07 Å². The van der Waals surface area contributed by atoms with E-state index in [4.69, 9.17) is 9.47 Å². The minimum atomic E-state index is -0.352. The van der Waals surface area contributed by atoms with Crippen molar-refractivity contribution >= 4 is 23.0 Å². The molecule has 0 radical (unpaired) electrons. The molecule has 156 valence electrons. The number of methoxy groups -OCH3 is 1. The maximum absolute atomic E-state index is 12.1. The smallest absolute Gasteiger partial charge is 0.266 e. The van der Waals surface area contributed by atoms with Gasteiger partial charge in [0.2, 0.25) is 0 Å². The molecule has 0 aliphatic rings. The van der Waals surface area contributed by atoms with Crippen LogP contribution in [0.15, 0.2) is 52.6 Å². The van der Waals surface area contributed by atoms with Crippen LogP contribution in [0.2, 0.25) is 0 Å². The fourth-order valence-corrected chi connectivity index (χ4v) is 3.36. The number of rotatable bonds is 9. The molecule has 0 aliphatic carbocycles. The van der Waals surface area contributed by atoms with Crippen LogP contribution in [0.3, 0.4) is 0 Å². The SMILES string of the molecule is COc1cc(C(C)=O)ccc1OCC(=O)NCCn1nc(-c2cccs2)ccc1=O. The van der Waals surface area contributed by atoms with Gasteiger partial charge in [0.1, 0.15) is 5.69 Å². The van der Waals surface area contributed by atoms with Crippen LogP contribution in [0.5, 0.6) is 11.5 Å². The van der Waals surface area contributed by atoms with Gasteiger partial charge in [0.15, 0.2) is 23.9 Å². The molecular weight excluding hydrogens is 406 g/mol. The van der Waals surface area contributed by atoms with Crippen molar-refractivity contribution in [2.75, 3.05) is 20.3 Å². The van der Waals surface area contributed by atoms with Crippen LogP contribution in [0.25, 0.3) is 10.6 Å². The molecular formula is C21H21N3O5S. The van der Waals surface area contributed by atoms with E-state index in [1.807, 2.05) is 17.5 Å². The highest BCUT2D eigenvalue weighted by Gasteiger charge is 2.11. The topological polar surface area (TPSA) is 99.5 Å². The Kier molecular flexibility index (Phi) is 6.97. The summed E-state index contributed by atoms with van der Waals surface area (Å²) in [6, 6.07) is 11.7. The summed E-state index contributed by atoms with van der Waals surface area (Å²) in [5, 5.41) is 8.97. The third kappa shape index (κ3) is 5.32. The zero-order chi connectivity index (χ0) is 21.5. The fraction of sp³-hybridized carbons (Fsp3) is 0.238. The Bertz CT molecular complexity index is 1090. The van der Waals surface area contributed by atoms with E-state index in [-0.39, 0.29) is 36.9 Å². The van der Waals surface area contributed by atoms with Gasteiger partial charge in [0.05, 0.1) is 18.5 Å². The Morgan fingerprint density at radius 1 is 1.17 bits per heavy atom. The van der Waals surface area contributed by atoms with Gasteiger partial charge in [0.25, 0.3) is 11.5 Å². The number of aromatic nitrogens is 2. The third-order valence-electron chi connectivity index (χ3n) is 4.21. The molecule has 3 aromatic rings. The minimum Gasteiger partial charge on any atom is -0.493 e. The van der Waals surface area contributed by atoms with Gasteiger partial charge < -0.3 is 14.8 Å². The molecule has 8 nitrogen and oxygen atoms in total. The molecule has 2 aromatic heterocycles. The van der Waals surface area contributed by atoms with Gasteiger partial charge in [-0.05, 0) is 42.6 Å². The van der Waals surface area contributed by atoms with Crippen LogP contribution < -0.4 is 20.3 Å². The second-order valence-corrected chi connectivity index (χ2v) is 7.27. The molecule has 0 aliphatic heterocycles. The highest BCUT2D eigenvalue weighted by molar-refractivity contribution is 7.13. The zero-order valence-electron chi connectivity index (χ0n) is 16.6. The van der Waals surface area contributed by atoms with Crippen LogP contribution in [-0.2, 0) is 11.3 Å². The number of benzene rings is 1. The number of carbonyl (C=O) groups excluding carboxylic acids is 2. The summed E-state index contributed by atoms with van der Waals surface area (Å²) in [6.07, 6.45) is 0. The second kappa shape index (κ2) is 9.84. The molecule has 2 heterocycles. The van der Waals surface area contributed by atoms with Gasteiger partial charge in [-0.15, -0.1) is 11.3 Å². The van der Waals surface area contributed by atoms with Crippen molar-refractivity contribution in [2.24, 2.45) is 0 Å². The lowest BCUT2D eigenvalue weighted by molar-refractivity contribution is -0.123. The van der Waals surface area contributed by atoms with E-state index in [0.29, 0.717) is 22.8 Å². The Morgan fingerprint density at radius 2 is 2.00 bits per heavy atom. The zero-order valence-corrected chi connectivity index (χ0v) is 17.4. The summed E-state index contributed by atoms with van der Waals surface area (Å²) in [4.78, 5) is 36.5. The molecule has 0 bridgehead atoms. The molecule has 1 amide bonds. The molecule has 1 aromatic carbocycles. The van der Waals surface area contributed by atoms with Crippen molar-refractivity contribution in [1.29, 1.82) is 0 Å². The second-order valence-electron chi connectivity index (χ2n) is 6.32. The summed E-state index contributed by atoms with van der Waals surface area (Å²) in [6.45, 7) is 1.69. The monoisotopic (exact) mass is 427 g/mol. The number of ketones is 1. The van der Waals surface area contributed by atoms with E-state index in [9.17, 15) is 14.4 Å². The Hall–Kier alpha value is -3.46. The molecule has 0 atom stereocenters. The van der Waals surface area contributed by atoms with Crippen LogP contribution >= 0.6 is 11.3 Å². The Labute approximate surface area is 177 Å². The minimum absolute atomic E-state index is 0.0930. The largest absolute Gasteiger partial charge is 0.493 e. The summed E-state index contributed by atoms with van der Waals surface area (Å²) >= 11 is 1.54. The molecule has 3 rings (SSSR count). The van der Waals surface area contributed by atoms with E-state index in [1.165, 1.54) is 36.1 Å². The van der Waals surface area contributed by atoms with Crippen LogP contribution in [0.4, 0.5) is 0 Å². The van der Waals surface area contributed by atoms with Crippen LogP contribution in [0.1, 0.15) is 17.3 Å². The van der Waals surface area contributed by atoms with E-state index in [2.05, 4.69) is 10.4 Å². The van der Waals surface area contributed by atoms with Crippen molar-refractivity contribution in [3.63, 3.8) is 0 Å². The van der Waals surface area contributed by atoms with E-state index >= 15 is 0 Å². The summed E-state index contributed by atoms with van der Waals surface area (Å²) < 4.78 is 12.0. The first-order valence-corrected chi connectivity index (χ1v) is 10.1. The molecule has 30 heavy (non-hydrogen) atoms. The van der Waals surface area contributed by atoms with Gasteiger partial charge >= 0.3 is 0 Å². The van der Waals surface area contributed by atoms with Crippen molar-refractivity contribution in [3.8, 4) is 22.1 Å². The van der Waals surface area contributed by atoms with Gasteiger partial charge in [-0.25, -0.2) is 4.68 Å². The maximum Gasteiger partial charge on any atom is 0.266 e. The van der Waals surface area contributed by atoms with Crippen molar-refractivity contribution in [2.45, 2.75) is 13.5 Å². The molecule has 0 spiro atoms. The molecule has 1 N–H and O–H groups in total. The number of hydrogen-bond donors (Lipinski definition) is 1. The standard InChI is InChI=1S/C21H21N3O5S/c1-14(25)15-5-7-17(18(12-15)28-2)29-13-20(26)22-9-10-24-21(27)8-6-16(23-24)19-4-3-11-30-19/h3-8,11-12H,9-10,13H2,1-2H3,(H,22,26). The molecule has 9 heteroatoms. The van der Waals surface area contributed by atoms with Gasteiger partial charge in [0, 0.05) is 18.2 Å². The first-order chi connectivity index (χ1) is 14.5. The normalized spacial score (nSPS) is 10.5. The number of nitrogens with one attached hydrogen (secondary N) is 1. The number of amides is 1. The summed E-state index contributed by atoms with van der Waals surface area (Å²) in [5.74, 6) is 0.288. The summed E-state index contributed by atoms with van der Waals surface area (Å²) in [7, 11) is 1.46. The van der Waals surface area contributed by atoms with Crippen LogP contribution in [-0.4, -0.2) is 41.7 Å². The third-order valence-corrected chi connectivity index (χ3v) is 5.11. The molecule has 0 fully saturated rings. The van der Waals surface area contributed by atoms with Gasteiger partial charge in [-0.2, -0.15) is 5.10 Å². The average molecular weight is 427 g/mol. The number of nitrogens with zero attached hydrogens (tertiary/aromatic N) is 2. The quantitative estimate of drug-likeness (QED) is 0.527. The number of Topliss-reactive ketones (excluding diaryl/α,β-unsaturated/α-hetero) is 1. The first-order valence-electron chi connectivity index (χ1n) is 9.18. The summed E-state index contributed by atoms with van der Waals surface area (Å²) in [5.41, 5.74) is 0.961. The first kappa shape index (κ1) is 21.3. The molecule has 0 saturated heterocycles. The van der Waals surface area contributed by atoms with Gasteiger partial charge in [-0.3, -0.25) is 14.4 Å². The van der Waals surface area contributed by atoms with Crippen molar-refractivity contribution < 1.29 is 19.1 Å². The Balaban J connectivity index is 1.53. The average Bonchev–Trinajstić information content (AvgIpc) is 3.28. The number of ether oxygens (including phenoxy) is 2. The highest BCUT2D eigenvalue weighted by atomic mass is 32.1. The fourth-order valence-electron chi connectivity index (χ4n) is 2.67.